The number of benzene rings is 1. The zero-order valence-electron chi connectivity index (χ0n) is 12.1. The standard InChI is InChI=1S/C16H18N4O/c1-12-6-5-8-14(10-12)19-13(2)16(21)20-18-11-15-7-3-4-9-17-15/h3-11,13,19H,1-2H3,(H,20,21)/b18-11-/t13-/m1/s1. The Kier molecular flexibility index (Phi) is 5.04. The molecular formula is C16H18N4O. The Morgan fingerprint density at radius 3 is 2.86 bits per heavy atom. The molecule has 0 bridgehead atoms. The van der Waals surface area contributed by atoms with Crippen molar-refractivity contribution in [2.24, 2.45) is 5.10 Å². The quantitative estimate of drug-likeness (QED) is 0.653. The van der Waals surface area contributed by atoms with Crippen molar-refractivity contribution < 1.29 is 4.79 Å². The average molecular weight is 282 g/mol. The molecule has 0 aliphatic rings. The maximum atomic E-state index is 11.9. The van der Waals surface area contributed by atoms with Gasteiger partial charge in [-0.05, 0) is 43.7 Å². The van der Waals surface area contributed by atoms with E-state index in [4.69, 9.17) is 0 Å². The summed E-state index contributed by atoms with van der Waals surface area (Å²) in [4.78, 5) is 16.0. The minimum Gasteiger partial charge on any atom is -0.374 e. The first kappa shape index (κ1) is 14.7. The number of nitrogens with one attached hydrogen (secondary N) is 2. The van der Waals surface area contributed by atoms with Gasteiger partial charge < -0.3 is 5.32 Å². The molecule has 5 nitrogen and oxygen atoms in total. The van der Waals surface area contributed by atoms with Crippen LogP contribution in [0.4, 0.5) is 5.69 Å². The summed E-state index contributed by atoms with van der Waals surface area (Å²) in [5.41, 5.74) is 5.23. The van der Waals surface area contributed by atoms with Crippen LogP contribution in [0.15, 0.2) is 53.8 Å². The van der Waals surface area contributed by atoms with Crippen molar-refractivity contribution in [1.29, 1.82) is 0 Å². The number of aryl methyl sites for hydroxylation is 1. The molecule has 21 heavy (non-hydrogen) atoms. The summed E-state index contributed by atoms with van der Waals surface area (Å²) < 4.78 is 0. The number of nitrogens with zero attached hydrogens (tertiary/aromatic N) is 2. The van der Waals surface area contributed by atoms with Crippen LogP contribution in [-0.4, -0.2) is 23.1 Å². The van der Waals surface area contributed by atoms with Crippen LogP contribution in [0.2, 0.25) is 0 Å². The Hall–Kier alpha value is -2.69. The van der Waals surface area contributed by atoms with Crippen molar-refractivity contribution >= 4 is 17.8 Å². The second-order valence-electron chi connectivity index (χ2n) is 4.72. The molecule has 108 valence electrons. The predicted octanol–water partition coefficient (Wildman–Crippen LogP) is 2.34. The smallest absolute Gasteiger partial charge is 0.262 e. The summed E-state index contributed by atoms with van der Waals surface area (Å²) >= 11 is 0. The lowest BCUT2D eigenvalue weighted by atomic mass is 10.2. The molecule has 0 saturated carbocycles. The normalized spacial score (nSPS) is 12.1. The molecule has 1 aromatic carbocycles. The third-order valence-corrected chi connectivity index (χ3v) is 2.85. The third kappa shape index (κ3) is 4.72. The van der Waals surface area contributed by atoms with E-state index in [1.807, 2.05) is 49.4 Å². The SMILES string of the molecule is Cc1cccc(N[C@H](C)C(=O)N/N=C\c2ccccn2)c1. The van der Waals surface area contributed by atoms with Gasteiger partial charge in [-0.3, -0.25) is 9.78 Å². The van der Waals surface area contributed by atoms with Crippen LogP contribution in [0.1, 0.15) is 18.2 Å². The maximum absolute atomic E-state index is 11.9. The van der Waals surface area contributed by atoms with E-state index in [1.54, 1.807) is 13.1 Å². The molecular weight excluding hydrogens is 264 g/mol. The van der Waals surface area contributed by atoms with E-state index in [9.17, 15) is 4.79 Å². The molecule has 0 unspecified atom stereocenters. The highest BCUT2D eigenvalue weighted by molar-refractivity contribution is 5.85. The lowest BCUT2D eigenvalue weighted by Gasteiger charge is -2.13. The van der Waals surface area contributed by atoms with E-state index < -0.39 is 0 Å². The number of carbonyl (C=O) groups is 1. The van der Waals surface area contributed by atoms with E-state index in [0.29, 0.717) is 5.69 Å². The van der Waals surface area contributed by atoms with Gasteiger partial charge in [-0.1, -0.05) is 18.2 Å². The second kappa shape index (κ2) is 7.19. The lowest BCUT2D eigenvalue weighted by molar-refractivity contribution is -0.121. The van der Waals surface area contributed by atoms with Crippen molar-refractivity contribution in [3.63, 3.8) is 0 Å². The fourth-order valence-electron chi connectivity index (χ4n) is 1.76. The highest BCUT2D eigenvalue weighted by Gasteiger charge is 2.11. The van der Waals surface area contributed by atoms with Gasteiger partial charge >= 0.3 is 0 Å². The van der Waals surface area contributed by atoms with E-state index in [2.05, 4.69) is 20.8 Å². The summed E-state index contributed by atoms with van der Waals surface area (Å²) in [7, 11) is 0. The second-order valence-corrected chi connectivity index (χ2v) is 4.72. The van der Waals surface area contributed by atoms with Gasteiger partial charge in [-0.15, -0.1) is 0 Å². The number of hydrazone groups is 1. The Labute approximate surface area is 124 Å². The van der Waals surface area contributed by atoms with Crippen LogP contribution in [0.3, 0.4) is 0 Å². The van der Waals surface area contributed by atoms with Crippen LogP contribution in [0.5, 0.6) is 0 Å². The van der Waals surface area contributed by atoms with Crippen molar-refractivity contribution in [2.45, 2.75) is 19.9 Å². The number of pyridine rings is 1. The van der Waals surface area contributed by atoms with Crippen LogP contribution in [-0.2, 0) is 4.79 Å². The molecule has 1 amide bonds. The van der Waals surface area contributed by atoms with E-state index in [1.165, 1.54) is 6.21 Å². The number of hydrogen-bond donors (Lipinski definition) is 2. The van der Waals surface area contributed by atoms with Crippen molar-refractivity contribution in [2.75, 3.05) is 5.32 Å². The molecule has 2 N–H and O–H groups in total. The van der Waals surface area contributed by atoms with Gasteiger partial charge in [0, 0.05) is 11.9 Å². The Morgan fingerprint density at radius 2 is 2.14 bits per heavy atom. The topological polar surface area (TPSA) is 66.4 Å². The van der Waals surface area contributed by atoms with Crippen molar-refractivity contribution in [1.82, 2.24) is 10.4 Å². The van der Waals surface area contributed by atoms with Crippen LogP contribution in [0.25, 0.3) is 0 Å². The third-order valence-electron chi connectivity index (χ3n) is 2.85. The van der Waals surface area contributed by atoms with E-state index in [-0.39, 0.29) is 11.9 Å². The first-order valence-corrected chi connectivity index (χ1v) is 6.72. The molecule has 0 spiro atoms. The Balaban J connectivity index is 1.87. The zero-order valence-corrected chi connectivity index (χ0v) is 12.1. The largest absolute Gasteiger partial charge is 0.374 e. The average Bonchev–Trinajstić information content (AvgIpc) is 2.48. The Bertz CT molecular complexity index is 625. The first-order chi connectivity index (χ1) is 10.1. The fraction of sp³-hybridized carbons (Fsp3) is 0.188. The van der Waals surface area contributed by atoms with E-state index in [0.717, 1.165) is 11.3 Å². The summed E-state index contributed by atoms with van der Waals surface area (Å²) in [6, 6.07) is 13.0. The molecule has 1 heterocycles. The molecule has 0 aliphatic carbocycles. The maximum Gasteiger partial charge on any atom is 0.262 e. The molecule has 2 aromatic rings. The number of amides is 1. The van der Waals surface area contributed by atoms with Gasteiger partial charge in [0.05, 0.1) is 11.9 Å². The summed E-state index contributed by atoms with van der Waals surface area (Å²) in [6.45, 7) is 3.79. The zero-order chi connectivity index (χ0) is 15.1. The molecule has 1 aromatic heterocycles. The van der Waals surface area contributed by atoms with Gasteiger partial charge in [-0.25, -0.2) is 5.43 Å². The van der Waals surface area contributed by atoms with Crippen molar-refractivity contribution in [3.05, 3.63) is 59.9 Å². The number of hydrogen-bond acceptors (Lipinski definition) is 4. The number of anilines is 1. The number of carbonyl (C=O) groups excluding carboxylic acids is 1. The minimum absolute atomic E-state index is 0.205. The summed E-state index contributed by atoms with van der Waals surface area (Å²) in [6.07, 6.45) is 3.18. The lowest BCUT2D eigenvalue weighted by Crippen LogP contribution is -2.34. The monoisotopic (exact) mass is 282 g/mol. The first-order valence-electron chi connectivity index (χ1n) is 6.72. The van der Waals surface area contributed by atoms with Crippen LogP contribution < -0.4 is 10.7 Å². The van der Waals surface area contributed by atoms with Crippen LogP contribution >= 0.6 is 0 Å². The molecule has 0 aliphatic heterocycles. The molecule has 0 radical (unpaired) electrons. The van der Waals surface area contributed by atoms with Gasteiger partial charge in [0.25, 0.3) is 5.91 Å². The van der Waals surface area contributed by atoms with Crippen molar-refractivity contribution in [3.8, 4) is 0 Å². The highest BCUT2D eigenvalue weighted by Crippen LogP contribution is 2.10. The summed E-state index contributed by atoms with van der Waals surface area (Å²) in [5, 5.41) is 7.02. The Morgan fingerprint density at radius 1 is 1.29 bits per heavy atom. The molecule has 2 rings (SSSR count). The van der Waals surface area contributed by atoms with Gasteiger partial charge in [0.15, 0.2) is 0 Å². The predicted molar refractivity (Wildman–Crippen MR) is 84.2 cm³/mol. The van der Waals surface area contributed by atoms with Gasteiger partial charge in [0.1, 0.15) is 6.04 Å². The molecule has 0 fully saturated rings. The minimum atomic E-state index is -0.382. The van der Waals surface area contributed by atoms with Crippen LogP contribution in [0, 0.1) is 6.92 Å². The van der Waals surface area contributed by atoms with E-state index >= 15 is 0 Å². The van der Waals surface area contributed by atoms with Gasteiger partial charge in [0.2, 0.25) is 0 Å². The summed E-state index contributed by atoms with van der Waals surface area (Å²) in [5.74, 6) is -0.205. The highest BCUT2D eigenvalue weighted by atomic mass is 16.2. The van der Waals surface area contributed by atoms with Gasteiger partial charge in [-0.2, -0.15) is 5.10 Å². The molecule has 5 heteroatoms. The molecule has 1 atom stereocenters. The number of rotatable bonds is 5. The number of aromatic nitrogens is 1. The molecule has 0 saturated heterocycles. The fourth-order valence-corrected chi connectivity index (χ4v) is 1.76.